The molecule has 1 atom stereocenters. The van der Waals surface area contributed by atoms with Crippen molar-refractivity contribution in [2.75, 3.05) is 11.4 Å². The number of hydrogen-bond acceptors (Lipinski definition) is 4. The molecule has 0 N–H and O–H groups in total. The number of halogens is 4. The van der Waals surface area contributed by atoms with Crippen LogP contribution in [0.5, 0.6) is 0 Å². The van der Waals surface area contributed by atoms with Gasteiger partial charge in [-0.05, 0) is 42.5 Å². The Morgan fingerprint density at radius 2 is 1.86 bits per heavy atom. The minimum Gasteiger partial charge on any atom is -0.334 e. The largest absolute Gasteiger partial charge is 0.416 e. The van der Waals surface area contributed by atoms with Crippen molar-refractivity contribution in [2.24, 2.45) is 0 Å². The van der Waals surface area contributed by atoms with E-state index in [1.807, 2.05) is 0 Å². The fourth-order valence-electron chi connectivity index (χ4n) is 3.09. The molecule has 1 aliphatic heterocycles. The summed E-state index contributed by atoms with van der Waals surface area (Å²) in [6.45, 7) is 0.141. The predicted molar refractivity (Wildman–Crippen MR) is 90.8 cm³/mol. The lowest BCUT2D eigenvalue weighted by molar-refractivity contribution is -0.137. The SMILES string of the molecule is O=C1CC(c2noc(-c3ccc(F)cc3)n2)CN1c1cccc(C(F)(F)F)c1. The number of aromatic nitrogens is 2. The lowest BCUT2D eigenvalue weighted by Crippen LogP contribution is -2.24. The van der Waals surface area contributed by atoms with Crippen LogP contribution in [0.3, 0.4) is 0 Å². The van der Waals surface area contributed by atoms with E-state index in [4.69, 9.17) is 4.52 Å². The van der Waals surface area contributed by atoms with E-state index in [9.17, 15) is 22.4 Å². The highest BCUT2D eigenvalue weighted by Gasteiger charge is 2.36. The summed E-state index contributed by atoms with van der Waals surface area (Å²) >= 11 is 0. The molecule has 4 rings (SSSR count). The van der Waals surface area contributed by atoms with Gasteiger partial charge in [-0.3, -0.25) is 4.79 Å². The van der Waals surface area contributed by atoms with Crippen LogP contribution in [0.2, 0.25) is 0 Å². The van der Waals surface area contributed by atoms with E-state index in [0.29, 0.717) is 5.56 Å². The highest BCUT2D eigenvalue weighted by atomic mass is 19.4. The molecule has 3 aromatic rings. The van der Waals surface area contributed by atoms with Gasteiger partial charge in [0.15, 0.2) is 5.82 Å². The first-order valence-electron chi connectivity index (χ1n) is 8.38. The quantitative estimate of drug-likeness (QED) is 0.621. The summed E-state index contributed by atoms with van der Waals surface area (Å²) < 4.78 is 57.0. The van der Waals surface area contributed by atoms with Crippen LogP contribution in [-0.2, 0) is 11.0 Å². The number of benzene rings is 2. The maximum Gasteiger partial charge on any atom is 0.416 e. The summed E-state index contributed by atoms with van der Waals surface area (Å²) in [5.74, 6) is -0.679. The van der Waals surface area contributed by atoms with Gasteiger partial charge in [0.25, 0.3) is 5.89 Å². The number of amides is 1. The molecular weight excluding hydrogens is 378 g/mol. The van der Waals surface area contributed by atoms with Gasteiger partial charge in [-0.1, -0.05) is 11.2 Å². The second-order valence-corrected chi connectivity index (χ2v) is 6.42. The van der Waals surface area contributed by atoms with Gasteiger partial charge in [0, 0.05) is 30.1 Å². The monoisotopic (exact) mass is 391 g/mol. The van der Waals surface area contributed by atoms with Gasteiger partial charge in [-0.15, -0.1) is 0 Å². The highest BCUT2D eigenvalue weighted by Crippen LogP contribution is 2.35. The summed E-state index contributed by atoms with van der Waals surface area (Å²) in [6, 6.07) is 10.1. The predicted octanol–water partition coefficient (Wildman–Crippen LogP) is 4.42. The minimum atomic E-state index is -4.49. The van der Waals surface area contributed by atoms with Crippen molar-refractivity contribution in [2.45, 2.75) is 18.5 Å². The van der Waals surface area contributed by atoms with E-state index in [0.717, 1.165) is 12.1 Å². The molecule has 1 aromatic heterocycles. The molecule has 1 unspecified atom stereocenters. The standard InChI is InChI=1S/C19H13F4N3O2/c20-14-6-4-11(5-7-14)18-24-17(25-28-18)12-8-16(27)26(10-12)15-3-1-2-13(9-15)19(21,22)23/h1-7,9,12H,8,10H2. The number of hydrogen-bond donors (Lipinski definition) is 0. The number of nitrogens with zero attached hydrogens (tertiary/aromatic N) is 3. The van der Waals surface area contributed by atoms with Crippen LogP contribution in [0.1, 0.15) is 23.7 Å². The average molecular weight is 391 g/mol. The molecule has 28 heavy (non-hydrogen) atoms. The van der Waals surface area contributed by atoms with Gasteiger partial charge in [-0.25, -0.2) is 4.39 Å². The Kier molecular flexibility index (Phi) is 4.37. The van der Waals surface area contributed by atoms with Gasteiger partial charge < -0.3 is 9.42 Å². The van der Waals surface area contributed by atoms with Crippen molar-refractivity contribution < 1.29 is 26.9 Å². The first-order chi connectivity index (χ1) is 13.3. The molecule has 0 radical (unpaired) electrons. The molecule has 0 saturated carbocycles. The molecule has 144 valence electrons. The van der Waals surface area contributed by atoms with E-state index >= 15 is 0 Å². The Hall–Kier alpha value is -3.23. The Morgan fingerprint density at radius 1 is 1.11 bits per heavy atom. The highest BCUT2D eigenvalue weighted by molar-refractivity contribution is 5.96. The van der Waals surface area contributed by atoms with Crippen LogP contribution in [0, 0.1) is 5.82 Å². The first kappa shape index (κ1) is 18.1. The summed E-state index contributed by atoms with van der Waals surface area (Å²) in [4.78, 5) is 17.9. The third-order valence-electron chi connectivity index (χ3n) is 4.51. The van der Waals surface area contributed by atoms with Crippen LogP contribution in [0.15, 0.2) is 53.1 Å². The second-order valence-electron chi connectivity index (χ2n) is 6.42. The number of carbonyl (C=O) groups is 1. The number of alkyl halides is 3. The summed E-state index contributed by atoms with van der Waals surface area (Å²) in [6.07, 6.45) is -4.44. The second kappa shape index (κ2) is 6.74. The molecule has 1 fully saturated rings. The van der Waals surface area contributed by atoms with Crippen LogP contribution in [-0.4, -0.2) is 22.6 Å². The van der Waals surface area contributed by atoms with Crippen LogP contribution >= 0.6 is 0 Å². The topological polar surface area (TPSA) is 59.2 Å². The summed E-state index contributed by atoms with van der Waals surface area (Å²) in [5.41, 5.74) is -0.122. The van der Waals surface area contributed by atoms with Gasteiger partial charge >= 0.3 is 6.18 Å². The molecule has 1 amide bonds. The molecule has 0 aliphatic carbocycles. The zero-order valence-corrected chi connectivity index (χ0v) is 14.3. The van der Waals surface area contributed by atoms with Crippen molar-refractivity contribution in [3.05, 3.63) is 65.7 Å². The van der Waals surface area contributed by atoms with Gasteiger partial charge in [0.2, 0.25) is 5.91 Å². The van der Waals surface area contributed by atoms with Crippen molar-refractivity contribution in [3.8, 4) is 11.5 Å². The first-order valence-corrected chi connectivity index (χ1v) is 8.38. The van der Waals surface area contributed by atoms with Gasteiger partial charge in [-0.2, -0.15) is 18.2 Å². The van der Waals surface area contributed by atoms with Crippen molar-refractivity contribution in [3.63, 3.8) is 0 Å². The third-order valence-corrected chi connectivity index (χ3v) is 4.51. The summed E-state index contributed by atoms with van der Waals surface area (Å²) in [5, 5.41) is 3.88. The lowest BCUT2D eigenvalue weighted by atomic mass is 10.1. The number of rotatable bonds is 3. The zero-order valence-electron chi connectivity index (χ0n) is 14.3. The molecule has 9 heteroatoms. The maximum absolute atomic E-state index is 13.0. The molecule has 2 heterocycles. The van der Waals surface area contributed by atoms with E-state index < -0.39 is 23.5 Å². The molecule has 2 aromatic carbocycles. The smallest absolute Gasteiger partial charge is 0.334 e. The van der Waals surface area contributed by atoms with Crippen LogP contribution < -0.4 is 4.90 Å². The molecule has 5 nitrogen and oxygen atoms in total. The molecule has 1 aliphatic rings. The normalized spacial score (nSPS) is 17.4. The van der Waals surface area contributed by atoms with Crippen molar-refractivity contribution in [1.82, 2.24) is 10.1 Å². The fraction of sp³-hybridized carbons (Fsp3) is 0.211. The van der Waals surface area contributed by atoms with E-state index in [1.165, 1.54) is 41.3 Å². The van der Waals surface area contributed by atoms with Crippen LogP contribution in [0.25, 0.3) is 11.5 Å². The van der Waals surface area contributed by atoms with Gasteiger partial charge in [0.1, 0.15) is 5.82 Å². The Balaban J connectivity index is 1.55. The maximum atomic E-state index is 13.0. The average Bonchev–Trinajstić information content (AvgIpc) is 3.29. The lowest BCUT2D eigenvalue weighted by Gasteiger charge is -2.18. The molecule has 0 spiro atoms. The summed E-state index contributed by atoms with van der Waals surface area (Å²) in [7, 11) is 0. The van der Waals surface area contributed by atoms with Crippen molar-refractivity contribution >= 4 is 11.6 Å². The Morgan fingerprint density at radius 3 is 2.57 bits per heavy atom. The van der Waals surface area contributed by atoms with Crippen LogP contribution in [0.4, 0.5) is 23.2 Å². The van der Waals surface area contributed by atoms with E-state index in [2.05, 4.69) is 10.1 Å². The molecular formula is C19H13F4N3O2. The van der Waals surface area contributed by atoms with E-state index in [1.54, 1.807) is 0 Å². The Bertz CT molecular complexity index is 1010. The molecule has 1 saturated heterocycles. The molecule has 0 bridgehead atoms. The van der Waals surface area contributed by atoms with Crippen molar-refractivity contribution in [1.29, 1.82) is 0 Å². The zero-order chi connectivity index (χ0) is 19.9. The number of anilines is 1. The fourth-order valence-corrected chi connectivity index (χ4v) is 3.09. The van der Waals surface area contributed by atoms with E-state index in [-0.39, 0.29) is 36.3 Å². The third kappa shape index (κ3) is 3.47. The van der Waals surface area contributed by atoms with Gasteiger partial charge in [0.05, 0.1) is 5.56 Å². The number of carbonyl (C=O) groups excluding carboxylic acids is 1. The Labute approximate surface area is 156 Å². The minimum absolute atomic E-state index is 0.0542.